The van der Waals surface area contributed by atoms with Gasteiger partial charge in [-0.25, -0.2) is 9.97 Å². The molecule has 0 aliphatic carbocycles. The average Bonchev–Trinajstić information content (AvgIpc) is 2.76. The minimum atomic E-state index is -4.72. The molecule has 31 heavy (non-hydrogen) atoms. The van der Waals surface area contributed by atoms with Crippen LogP contribution in [-0.4, -0.2) is 16.3 Å². The molecule has 0 spiro atoms. The number of aryl methyl sites for hydroxylation is 1. The fraction of sp³-hybridized carbons (Fsp3) is 0.273. The van der Waals surface area contributed by atoms with Crippen LogP contribution in [0.5, 0.6) is 11.6 Å². The topological polar surface area (TPSA) is 69.0 Å². The summed E-state index contributed by atoms with van der Waals surface area (Å²) >= 11 is 0. The van der Waals surface area contributed by atoms with E-state index in [0.717, 1.165) is 30.4 Å². The van der Waals surface area contributed by atoms with Crippen LogP contribution < -0.4 is 9.47 Å². The van der Waals surface area contributed by atoms with Crippen molar-refractivity contribution in [3.63, 3.8) is 0 Å². The third-order valence-corrected chi connectivity index (χ3v) is 4.21. The number of ether oxygens (including phenoxy) is 2. The molecule has 0 amide bonds. The summed E-state index contributed by atoms with van der Waals surface area (Å²) in [6.07, 6.45) is 1.52. The third kappa shape index (κ3) is 7.36. The van der Waals surface area contributed by atoms with Crippen LogP contribution in [0.2, 0.25) is 0 Å². The smallest absolute Gasteiger partial charge is 0.473 e. The zero-order chi connectivity index (χ0) is 22.1. The number of hydrogen-bond acceptors (Lipinski definition) is 6. The Labute approximate surface area is 177 Å². The molecule has 3 aromatic rings. The second-order valence-electron chi connectivity index (χ2n) is 6.65. The number of rotatable bonds is 9. The van der Waals surface area contributed by atoms with Crippen molar-refractivity contribution in [2.75, 3.05) is 0 Å². The van der Waals surface area contributed by atoms with Gasteiger partial charge in [-0.1, -0.05) is 25.5 Å². The fourth-order valence-electron chi connectivity index (χ4n) is 2.66. The second-order valence-corrected chi connectivity index (χ2v) is 6.65. The summed E-state index contributed by atoms with van der Waals surface area (Å²) in [5.41, 5.74) is 2.93. The maximum atomic E-state index is 12.2. The lowest BCUT2D eigenvalue weighted by molar-refractivity contribution is -0.274. The summed E-state index contributed by atoms with van der Waals surface area (Å²) in [4.78, 5) is 8.27. The van der Waals surface area contributed by atoms with Crippen LogP contribution in [0.3, 0.4) is 0 Å². The Balaban J connectivity index is 1.56. The summed E-state index contributed by atoms with van der Waals surface area (Å²) < 4.78 is 46.2. The Kier molecular flexibility index (Phi) is 7.53. The molecule has 162 valence electrons. The highest BCUT2D eigenvalue weighted by Gasteiger charge is 2.30. The Hall–Kier alpha value is -3.49. The maximum absolute atomic E-state index is 12.2. The van der Waals surface area contributed by atoms with Crippen molar-refractivity contribution < 1.29 is 22.6 Å². The van der Waals surface area contributed by atoms with Crippen molar-refractivity contribution in [1.29, 1.82) is 0 Å². The van der Waals surface area contributed by atoms with E-state index < -0.39 is 6.36 Å². The number of nitrogens with zero attached hydrogens (tertiary/aromatic N) is 4. The van der Waals surface area contributed by atoms with Gasteiger partial charge in [-0.3, -0.25) is 0 Å². The van der Waals surface area contributed by atoms with E-state index in [2.05, 4.69) is 31.9 Å². The lowest BCUT2D eigenvalue weighted by Gasteiger charge is -2.09. The number of benzene rings is 2. The van der Waals surface area contributed by atoms with E-state index in [0.29, 0.717) is 23.9 Å². The van der Waals surface area contributed by atoms with E-state index in [1.807, 2.05) is 12.1 Å². The molecule has 0 radical (unpaired) electrons. The molecular weight excluding hydrogens is 409 g/mol. The Bertz CT molecular complexity index is 991. The van der Waals surface area contributed by atoms with Gasteiger partial charge in [0.15, 0.2) is 0 Å². The Morgan fingerprint density at radius 1 is 0.935 bits per heavy atom. The molecule has 0 aliphatic heterocycles. The van der Waals surface area contributed by atoms with Crippen molar-refractivity contribution >= 4 is 11.4 Å². The number of hydrogen-bond donors (Lipinski definition) is 0. The molecule has 0 aliphatic rings. The molecule has 2 aromatic carbocycles. The monoisotopic (exact) mass is 430 g/mol. The van der Waals surface area contributed by atoms with Gasteiger partial charge in [0.25, 0.3) is 0 Å². The van der Waals surface area contributed by atoms with E-state index in [9.17, 15) is 13.2 Å². The lowest BCUT2D eigenvalue weighted by Crippen LogP contribution is -2.16. The molecule has 0 saturated carbocycles. The summed E-state index contributed by atoms with van der Waals surface area (Å²) in [6.45, 7) is 2.48. The van der Waals surface area contributed by atoms with Crippen LogP contribution in [0.25, 0.3) is 0 Å². The van der Waals surface area contributed by atoms with Crippen molar-refractivity contribution in [3.05, 3.63) is 72.2 Å². The normalized spacial score (nSPS) is 11.6. The zero-order valence-electron chi connectivity index (χ0n) is 16.8. The number of azo groups is 1. The highest BCUT2D eigenvalue weighted by molar-refractivity contribution is 5.43. The quantitative estimate of drug-likeness (QED) is 0.354. The third-order valence-electron chi connectivity index (χ3n) is 4.21. The minimum Gasteiger partial charge on any atom is -0.473 e. The van der Waals surface area contributed by atoms with Gasteiger partial charge in [0.1, 0.15) is 18.7 Å². The van der Waals surface area contributed by atoms with Crippen molar-refractivity contribution in [1.82, 2.24) is 9.97 Å². The minimum absolute atomic E-state index is 0.308. The molecule has 6 nitrogen and oxygen atoms in total. The van der Waals surface area contributed by atoms with Gasteiger partial charge in [0, 0.05) is 11.8 Å². The molecule has 0 unspecified atom stereocenters. The van der Waals surface area contributed by atoms with E-state index in [-0.39, 0.29) is 5.75 Å². The molecule has 1 heterocycles. The average molecular weight is 430 g/mol. The Morgan fingerprint density at radius 2 is 1.58 bits per heavy atom. The first-order chi connectivity index (χ1) is 14.9. The number of unbranched alkanes of at least 4 members (excludes halogenated alkanes) is 1. The number of halogens is 3. The predicted molar refractivity (Wildman–Crippen MR) is 109 cm³/mol. The van der Waals surface area contributed by atoms with Crippen LogP contribution in [0.4, 0.5) is 24.5 Å². The van der Waals surface area contributed by atoms with Crippen LogP contribution in [0.1, 0.15) is 30.9 Å². The fourth-order valence-corrected chi connectivity index (χ4v) is 2.66. The molecule has 0 fully saturated rings. The van der Waals surface area contributed by atoms with Crippen molar-refractivity contribution in [3.8, 4) is 11.6 Å². The Morgan fingerprint density at radius 3 is 2.19 bits per heavy atom. The molecule has 9 heteroatoms. The van der Waals surface area contributed by atoms with Crippen molar-refractivity contribution in [2.45, 2.75) is 39.2 Å². The first-order valence-corrected chi connectivity index (χ1v) is 9.71. The predicted octanol–water partition coefficient (Wildman–Crippen LogP) is 6.71. The largest absolute Gasteiger partial charge is 0.573 e. The summed E-state index contributed by atoms with van der Waals surface area (Å²) in [5, 5.41) is 8.11. The number of aromatic nitrogens is 2. The first-order valence-electron chi connectivity index (χ1n) is 9.71. The highest BCUT2D eigenvalue weighted by atomic mass is 19.4. The van der Waals surface area contributed by atoms with Gasteiger partial charge in [0.05, 0.1) is 11.4 Å². The highest BCUT2D eigenvalue weighted by Crippen LogP contribution is 2.26. The van der Waals surface area contributed by atoms with E-state index in [1.54, 1.807) is 18.3 Å². The standard InChI is InChI=1S/C22H21F3N4O2/c1-2-3-4-17-13-26-15-27-21(17)30-14-16-5-7-18(8-6-16)28-29-19-9-11-20(12-10-19)31-22(23,24)25/h5-13,15H,2-4,14H2,1H3. The first kappa shape index (κ1) is 22.2. The van der Waals surface area contributed by atoms with Crippen LogP contribution in [0.15, 0.2) is 71.3 Å². The number of alkyl halides is 3. The molecule has 0 bridgehead atoms. The second kappa shape index (κ2) is 10.5. The van der Waals surface area contributed by atoms with E-state index in [4.69, 9.17) is 4.74 Å². The maximum Gasteiger partial charge on any atom is 0.573 e. The van der Waals surface area contributed by atoms with E-state index in [1.165, 1.54) is 30.6 Å². The summed E-state index contributed by atoms with van der Waals surface area (Å²) in [5.74, 6) is 0.280. The van der Waals surface area contributed by atoms with Gasteiger partial charge in [-0.2, -0.15) is 10.2 Å². The lowest BCUT2D eigenvalue weighted by atomic mass is 10.1. The zero-order valence-corrected chi connectivity index (χ0v) is 16.8. The molecule has 0 saturated heterocycles. The van der Waals surface area contributed by atoms with Crippen LogP contribution in [-0.2, 0) is 13.0 Å². The van der Waals surface area contributed by atoms with Crippen LogP contribution in [0, 0.1) is 0 Å². The van der Waals surface area contributed by atoms with Gasteiger partial charge in [0.2, 0.25) is 5.88 Å². The van der Waals surface area contributed by atoms with Gasteiger partial charge in [-0.15, -0.1) is 13.2 Å². The summed E-state index contributed by atoms with van der Waals surface area (Å²) in [7, 11) is 0. The molecule has 1 aromatic heterocycles. The van der Waals surface area contributed by atoms with Crippen molar-refractivity contribution in [2.24, 2.45) is 10.2 Å². The molecule has 0 atom stereocenters. The molecular formula is C22H21F3N4O2. The summed E-state index contributed by atoms with van der Waals surface area (Å²) in [6, 6.07) is 12.4. The SMILES string of the molecule is CCCCc1cncnc1OCc1ccc(N=Nc2ccc(OC(F)(F)F)cc2)cc1. The van der Waals surface area contributed by atoms with Gasteiger partial charge < -0.3 is 9.47 Å². The van der Waals surface area contributed by atoms with Crippen LogP contribution >= 0.6 is 0 Å². The van der Waals surface area contributed by atoms with Gasteiger partial charge in [-0.05, 0) is 54.8 Å². The molecule has 0 N–H and O–H groups in total. The van der Waals surface area contributed by atoms with E-state index >= 15 is 0 Å². The van der Waals surface area contributed by atoms with Gasteiger partial charge >= 0.3 is 6.36 Å². The molecule has 3 rings (SSSR count).